The minimum absolute atomic E-state index is 0. The molecule has 1 aromatic carbocycles. The van der Waals surface area contributed by atoms with Gasteiger partial charge >= 0.3 is 106 Å². The van der Waals surface area contributed by atoms with Crippen molar-refractivity contribution >= 4 is 28.1 Å². The summed E-state index contributed by atoms with van der Waals surface area (Å²) < 4.78 is 1.53. The van der Waals surface area contributed by atoms with Crippen LogP contribution in [0.4, 0.5) is 0 Å². The first-order valence-electron chi connectivity index (χ1n) is 5.19. The Kier molecular flexibility index (Phi) is 5.01. The molecule has 3 rings (SSSR count). The van der Waals surface area contributed by atoms with Crippen LogP contribution in [-0.4, -0.2) is 0 Å². The zero-order valence-corrected chi connectivity index (χ0v) is 13.5. The van der Waals surface area contributed by atoms with E-state index in [0.717, 1.165) is 0 Å². The summed E-state index contributed by atoms with van der Waals surface area (Å²) >= 11 is 1.53. The van der Waals surface area contributed by atoms with Gasteiger partial charge in [-0.2, -0.15) is 0 Å². The standard InChI is InChI=1S/C14H11.2ClH.Zr/c1-10-6-7-14-12(8-10)9-11-4-2-3-5-13(11)14;;;/h2-8,13H,1H3;2*1H;. The average molecular weight is 343 g/mol. The largest absolute Gasteiger partial charge is 0.147 e. The molecular formula is C14H13Cl2Zr. The van der Waals surface area contributed by atoms with Crippen molar-refractivity contribution in [2.24, 2.45) is 0 Å². The normalized spacial score (nSPS) is 19.2. The molecule has 1 atom stereocenters. The van der Waals surface area contributed by atoms with Crippen LogP contribution in [-0.2, 0) is 24.7 Å². The van der Waals surface area contributed by atoms with Crippen molar-refractivity contribution in [3.63, 3.8) is 0 Å². The molecule has 3 heteroatoms. The van der Waals surface area contributed by atoms with E-state index in [9.17, 15) is 0 Å². The molecule has 1 unspecified atom stereocenters. The Morgan fingerprint density at radius 3 is 2.65 bits per heavy atom. The van der Waals surface area contributed by atoms with Gasteiger partial charge in [-0.25, -0.2) is 0 Å². The maximum absolute atomic E-state index is 2.33. The quantitative estimate of drug-likeness (QED) is 0.658. The number of fused-ring (bicyclic) bond motifs is 3. The van der Waals surface area contributed by atoms with Crippen LogP contribution in [0.3, 0.4) is 0 Å². The Balaban J connectivity index is 0.000000722. The monoisotopic (exact) mass is 341 g/mol. The number of hydrogen-bond donors (Lipinski definition) is 0. The average Bonchev–Trinajstić information content (AvgIpc) is 2.54. The van der Waals surface area contributed by atoms with Crippen molar-refractivity contribution in [3.8, 4) is 0 Å². The van der Waals surface area contributed by atoms with Gasteiger partial charge in [-0.15, -0.1) is 24.8 Å². The van der Waals surface area contributed by atoms with Crippen molar-refractivity contribution in [3.05, 3.63) is 64.8 Å². The summed E-state index contributed by atoms with van der Waals surface area (Å²) in [6.07, 6.45) is 8.88. The Morgan fingerprint density at radius 2 is 1.88 bits per heavy atom. The molecule has 0 spiro atoms. The fourth-order valence-electron chi connectivity index (χ4n) is 2.37. The molecule has 17 heavy (non-hydrogen) atoms. The summed E-state index contributed by atoms with van der Waals surface area (Å²) in [5, 5.41) is 0. The number of rotatable bonds is 0. The summed E-state index contributed by atoms with van der Waals surface area (Å²) in [5.41, 5.74) is 5.84. The van der Waals surface area contributed by atoms with E-state index in [4.69, 9.17) is 0 Å². The van der Waals surface area contributed by atoms with Crippen molar-refractivity contribution in [2.45, 2.75) is 12.8 Å². The number of halogens is 2. The zero-order chi connectivity index (χ0) is 10.4. The summed E-state index contributed by atoms with van der Waals surface area (Å²) in [7, 11) is 0. The molecule has 0 radical (unpaired) electrons. The molecule has 0 heterocycles. The Hall–Kier alpha value is -0.0969. The predicted octanol–water partition coefficient (Wildman–Crippen LogP) is 4.32. The van der Waals surface area contributed by atoms with Crippen molar-refractivity contribution in [1.29, 1.82) is 0 Å². The summed E-state index contributed by atoms with van der Waals surface area (Å²) in [6, 6.07) is 6.83. The summed E-state index contributed by atoms with van der Waals surface area (Å²) in [5.74, 6) is 0.528. The first-order chi connectivity index (χ1) is 7.27. The van der Waals surface area contributed by atoms with E-state index in [1.165, 1.54) is 50.3 Å². The van der Waals surface area contributed by atoms with Gasteiger partial charge in [0.05, 0.1) is 0 Å². The number of benzene rings is 1. The van der Waals surface area contributed by atoms with Gasteiger partial charge in [0.2, 0.25) is 0 Å². The van der Waals surface area contributed by atoms with E-state index < -0.39 is 0 Å². The molecule has 0 amide bonds. The fraction of sp³-hybridized carbons (Fsp3) is 0.143. The molecule has 0 saturated heterocycles. The topological polar surface area (TPSA) is 0 Å². The Bertz CT molecular complexity index is 527. The van der Waals surface area contributed by atoms with Gasteiger partial charge in [-0.05, 0) is 0 Å². The predicted molar refractivity (Wildman–Crippen MR) is 73.6 cm³/mol. The molecule has 0 aliphatic heterocycles. The number of aryl methyl sites for hydroxylation is 1. The van der Waals surface area contributed by atoms with Gasteiger partial charge in [0.1, 0.15) is 0 Å². The minimum atomic E-state index is 0. The molecular weight excluding hydrogens is 330 g/mol. The van der Waals surface area contributed by atoms with E-state index in [0.29, 0.717) is 5.92 Å². The van der Waals surface area contributed by atoms with Crippen LogP contribution in [0.25, 0.3) is 3.28 Å². The van der Waals surface area contributed by atoms with E-state index in [-0.39, 0.29) is 24.8 Å². The molecule has 0 aromatic heterocycles. The maximum Gasteiger partial charge on any atom is -0.147 e. The molecule has 1 aromatic rings. The SMILES string of the molecule is Cc1ccc2c(c1)[C]([Zr])=C1C=CC=CC12.Cl.Cl. The second-order valence-electron chi connectivity index (χ2n) is 4.14. The second-order valence-corrected chi connectivity index (χ2v) is 5.37. The van der Waals surface area contributed by atoms with E-state index in [1.807, 2.05) is 0 Å². The molecule has 0 nitrogen and oxygen atoms in total. The van der Waals surface area contributed by atoms with Crippen molar-refractivity contribution in [2.75, 3.05) is 0 Å². The van der Waals surface area contributed by atoms with E-state index in [1.54, 1.807) is 0 Å². The Labute approximate surface area is 130 Å². The van der Waals surface area contributed by atoms with Crippen LogP contribution in [0, 0.1) is 6.92 Å². The van der Waals surface area contributed by atoms with Gasteiger partial charge in [-0.3, -0.25) is 0 Å². The molecule has 0 bridgehead atoms. The summed E-state index contributed by atoms with van der Waals surface area (Å²) in [4.78, 5) is 0. The summed E-state index contributed by atoms with van der Waals surface area (Å²) in [6.45, 7) is 2.17. The first-order valence-corrected chi connectivity index (χ1v) is 6.42. The second kappa shape index (κ2) is 5.70. The molecule has 0 N–H and O–H groups in total. The minimum Gasteiger partial charge on any atom is -0.147 e. The third kappa shape index (κ3) is 2.38. The van der Waals surface area contributed by atoms with Gasteiger partial charge in [0, 0.05) is 0 Å². The van der Waals surface area contributed by atoms with E-state index in [2.05, 4.69) is 49.4 Å². The van der Waals surface area contributed by atoms with E-state index >= 15 is 0 Å². The van der Waals surface area contributed by atoms with Gasteiger partial charge in [-0.1, -0.05) is 0 Å². The zero-order valence-electron chi connectivity index (χ0n) is 9.44. The van der Waals surface area contributed by atoms with Gasteiger partial charge in [0.15, 0.2) is 0 Å². The maximum atomic E-state index is 2.33. The molecule has 0 fully saturated rings. The number of hydrogen-bond acceptors (Lipinski definition) is 0. The molecule has 2 aliphatic carbocycles. The first kappa shape index (κ1) is 15.0. The van der Waals surface area contributed by atoms with Crippen LogP contribution in [0.5, 0.6) is 0 Å². The van der Waals surface area contributed by atoms with Gasteiger partial charge in [0.25, 0.3) is 0 Å². The van der Waals surface area contributed by atoms with Crippen LogP contribution in [0.15, 0.2) is 48.1 Å². The van der Waals surface area contributed by atoms with Crippen LogP contribution in [0.1, 0.15) is 22.6 Å². The van der Waals surface area contributed by atoms with Crippen LogP contribution >= 0.6 is 24.8 Å². The molecule has 0 saturated carbocycles. The van der Waals surface area contributed by atoms with Crippen molar-refractivity contribution < 1.29 is 24.7 Å². The third-order valence-electron chi connectivity index (χ3n) is 3.13. The fourth-order valence-corrected chi connectivity index (χ4v) is 3.48. The smallest absolute Gasteiger partial charge is 0.147 e. The Morgan fingerprint density at radius 1 is 1.12 bits per heavy atom. The number of allylic oxidation sites excluding steroid dienone is 5. The van der Waals surface area contributed by atoms with Crippen LogP contribution < -0.4 is 0 Å². The molecule has 87 valence electrons. The van der Waals surface area contributed by atoms with Crippen molar-refractivity contribution in [1.82, 2.24) is 0 Å². The van der Waals surface area contributed by atoms with Gasteiger partial charge < -0.3 is 0 Å². The van der Waals surface area contributed by atoms with Crippen LogP contribution in [0.2, 0.25) is 0 Å². The third-order valence-corrected chi connectivity index (χ3v) is 4.50. The molecule has 2 aliphatic rings.